The molecule has 0 radical (unpaired) electrons. The van der Waals surface area contributed by atoms with Crippen LogP contribution >= 0.6 is 0 Å². The van der Waals surface area contributed by atoms with Crippen molar-refractivity contribution in [2.24, 2.45) is 7.05 Å². The summed E-state index contributed by atoms with van der Waals surface area (Å²) in [4.78, 5) is 19.6. The normalized spacial score (nSPS) is 16.4. The number of rotatable bonds is 4. The van der Waals surface area contributed by atoms with Gasteiger partial charge in [-0.1, -0.05) is 5.16 Å². The number of aromatic nitrogens is 3. The van der Waals surface area contributed by atoms with Crippen molar-refractivity contribution in [1.29, 1.82) is 0 Å². The molecule has 0 N–H and O–H groups in total. The predicted molar refractivity (Wildman–Crippen MR) is 123 cm³/mol. The third-order valence-corrected chi connectivity index (χ3v) is 6.47. The van der Waals surface area contributed by atoms with Crippen LogP contribution in [-0.2, 0) is 11.8 Å². The Morgan fingerprint density at radius 1 is 1.15 bits per heavy atom. The van der Waals surface area contributed by atoms with Crippen LogP contribution in [0.4, 0.5) is 0 Å². The van der Waals surface area contributed by atoms with E-state index in [1.165, 1.54) is 11.3 Å². The van der Waals surface area contributed by atoms with Gasteiger partial charge in [0.2, 0.25) is 5.82 Å². The zero-order chi connectivity index (χ0) is 23.1. The van der Waals surface area contributed by atoms with Gasteiger partial charge < -0.3 is 23.5 Å². The first-order valence-corrected chi connectivity index (χ1v) is 10.9. The van der Waals surface area contributed by atoms with Crippen LogP contribution in [0.25, 0.3) is 22.3 Å². The molecule has 3 heterocycles. The fraction of sp³-hybridized carbons (Fsp3) is 0.320. The molecule has 2 aromatic carbocycles. The average molecular weight is 447 g/mol. The van der Waals surface area contributed by atoms with E-state index < -0.39 is 6.10 Å². The number of aryl methyl sites for hydroxylation is 2. The van der Waals surface area contributed by atoms with Crippen LogP contribution in [0.3, 0.4) is 0 Å². The number of benzene rings is 2. The van der Waals surface area contributed by atoms with E-state index in [1.54, 1.807) is 12.0 Å². The summed E-state index contributed by atoms with van der Waals surface area (Å²) in [5.41, 5.74) is 5.00. The van der Waals surface area contributed by atoms with Crippen LogP contribution in [0.1, 0.15) is 33.6 Å². The maximum atomic E-state index is 13.3. The second-order valence-corrected chi connectivity index (χ2v) is 8.30. The molecule has 1 amide bonds. The fourth-order valence-corrected chi connectivity index (χ4v) is 4.28. The molecule has 0 aliphatic carbocycles. The molecule has 170 valence electrons. The number of amides is 1. The van der Waals surface area contributed by atoms with Gasteiger partial charge in [0.1, 0.15) is 5.75 Å². The van der Waals surface area contributed by atoms with Crippen LogP contribution in [0.15, 0.2) is 47.0 Å². The van der Waals surface area contributed by atoms with Crippen LogP contribution in [0.2, 0.25) is 0 Å². The molecule has 1 fully saturated rings. The molecule has 5 rings (SSSR count). The maximum Gasteiger partial charge on any atom is 0.257 e. The van der Waals surface area contributed by atoms with Crippen molar-refractivity contribution in [2.45, 2.75) is 20.0 Å². The Labute approximate surface area is 191 Å². The van der Waals surface area contributed by atoms with Crippen LogP contribution in [-0.4, -0.2) is 52.3 Å². The van der Waals surface area contributed by atoms with E-state index in [0.717, 1.165) is 22.2 Å². The minimum Gasteiger partial charge on any atom is -0.497 e. The van der Waals surface area contributed by atoms with Crippen molar-refractivity contribution in [3.8, 4) is 17.1 Å². The smallest absolute Gasteiger partial charge is 0.257 e. The quantitative estimate of drug-likeness (QED) is 0.470. The molecule has 1 unspecified atom stereocenters. The lowest BCUT2D eigenvalue weighted by Gasteiger charge is -2.31. The van der Waals surface area contributed by atoms with E-state index in [1.807, 2.05) is 49.5 Å². The van der Waals surface area contributed by atoms with Crippen molar-refractivity contribution in [1.82, 2.24) is 19.6 Å². The van der Waals surface area contributed by atoms with E-state index in [9.17, 15) is 4.79 Å². The summed E-state index contributed by atoms with van der Waals surface area (Å²) >= 11 is 0. The summed E-state index contributed by atoms with van der Waals surface area (Å²) < 4.78 is 18.7. The molecule has 1 aliphatic rings. The molecular formula is C25H26N4O4. The maximum absolute atomic E-state index is 13.3. The Balaban J connectivity index is 1.34. The molecule has 33 heavy (non-hydrogen) atoms. The summed E-state index contributed by atoms with van der Waals surface area (Å²) in [6, 6.07) is 13.3. The topological polar surface area (TPSA) is 82.6 Å². The Kier molecular flexibility index (Phi) is 5.38. The van der Waals surface area contributed by atoms with Gasteiger partial charge in [0.25, 0.3) is 11.8 Å². The lowest BCUT2D eigenvalue weighted by Crippen LogP contribution is -2.42. The third-order valence-electron chi connectivity index (χ3n) is 6.47. The Bertz CT molecular complexity index is 1320. The first kappa shape index (κ1) is 21.2. The molecule has 4 aromatic rings. The molecular weight excluding hydrogens is 420 g/mol. The van der Waals surface area contributed by atoms with Gasteiger partial charge in [-0.3, -0.25) is 4.79 Å². The lowest BCUT2D eigenvalue weighted by atomic mass is 10.1. The number of carbonyl (C=O) groups excluding carboxylic acids is 1. The SMILES string of the molecule is COc1ccc(-c2noc(C3CN(C(=O)c4ccc5c(c4)c(C)c(C)n5C)CCO3)n2)cc1. The summed E-state index contributed by atoms with van der Waals surface area (Å²) in [6.45, 7) is 5.45. The first-order valence-electron chi connectivity index (χ1n) is 10.9. The molecule has 1 atom stereocenters. The van der Waals surface area contributed by atoms with Gasteiger partial charge in [-0.05, 0) is 61.9 Å². The summed E-state index contributed by atoms with van der Waals surface area (Å²) in [5.74, 6) is 1.57. The van der Waals surface area contributed by atoms with Gasteiger partial charge in [-0.2, -0.15) is 4.98 Å². The number of nitrogens with zero attached hydrogens (tertiary/aromatic N) is 4. The van der Waals surface area contributed by atoms with Crippen molar-refractivity contribution in [3.63, 3.8) is 0 Å². The summed E-state index contributed by atoms with van der Waals surface area (Å²) in [6.07, 6.45) is -0.466. The van der Waals surface area contributed by atoms with Crippen LogP contribution in [0, 0.1) is 13.8 Å². The van der Waals surface area contributed by atoms with E-state index in [2.05, 4.69) is 28.6 Å². The van der Waals surface area contributed by atoms with Crippen LogP contribution in [0.5, 0.6) is 5.75 Å². The van der Waals surface area contributed by atoms with E-state index in [-0.39, 0.29) is 5.91 Å². The zero-order valence-corrected chi connectivity index (χ0v) is 19.2. The number of ether oxygens (including phenoxy) is 2. The van der Waals surface area contributed by atoms with Gasteiger partial charge in [0.05, 0.1) is 20.3 Å². The molecule has 8 nitrogen and oxygen atoms in total. The third kappa shape index (κ3) is 3.76. The van der Waals surface area contributed by atoms with Gasteiger partial charge in [0, 0.05) is 41.3 Å². The van der Waals surface area contributed by atoms with Crippen LogP contribution < -0.4 is 4.74 Å². The fourth-order valence-electron chi connectivity index (χ4n) is 4.28. The zero-order valence-electron chi connectivity index (χ0n) is 19.2. The van der Waals surface area contributed by atoms with Crippen molar-refractivity contribution < 1.29 is 18.8 Å². The second kappa shape index (κ2) is 8.37. The summed E-state index contributed by atoms with van der Waals surface area (Å²) in [7, 11) is 3.67. The lowest BCUT2D eigenvalue weighted by molar-refractivity contribution is -0.0367. The van der Waals surface area contributed by atoms with E-state index >= 15 is 0 Å². The first-order chi connectivity index (χ1) is 16.0. The second-order valence-electron chi connectivity index (χ2n) is 8.30. The number of fused-ring (bicyclic) bond motifs is 1. The molecule has 0 saturated carbocycles. The minimum absolute atomic E-state index is 0.0269. The van der Waals surface area contributed by atoms with Gasteiger partial charge in [-0.15, -0.1) is 0 Å². The number of methoxy groups -OCH3 is 1. The predicted octanol–water partition coefficient (Wildman–Crippen LogP) is 4.07. The molecule has 1 aliphatic heterocycles. The molecule has 0 bridgehead atoms. The molecule has 1 saturated heterocycles. The highest BCUT2D eigenvalue weighted by Gasteiger charge is 2.30. The van der Waals surface area contributed by atoms with Crippen molar-refractivity contribution in [3.05, 3.63) is 65.2 Å². The number of hydrogen-bond donors (Lipinski definition) is 0. The van der Waals surface area contributed by atoms with Gasteiger partial charge >= 0.3 is 0 Å². The largest absolute Gasteiger partial charge is 0.497 e. The molecule has 0 spiro atoms. The van der Waals surface area contributed by atoms with Gasteiger partial charge in [-0.25, -0.2) is 0 Å². The highest BCUT2D eigenvalue weighted by molar-refractivity contribution is 5.99. The summed E-state index contributed by atoms with van der Waals surface area (Å²) in [5, 5.41) is 5.19. The van der Waals surface area contributed by atoms with E-state index in [0.29, 0.717) is 37.0 Å². The Morgan fingerprint density at radius 3 is 2.70 bits per heavy atom. The monoisotopic (exact) mass is 446 g/mol. The highest BCUT2D eigenvalue weighted by atomic mass is 16.5. The number of hydrogen-bond acceptors (Lipinski definition) is 6. The Hall–Kier alpha value is -3.65. The molecule has 2 aromatic heterocycles. The van der Waals surface area contributed by atoms with Crippen molar-refractivity contribution >= 4 is 16.8 Å². The molecule has 8 heteroatoms. The standard InChI is InChI=1S/C25H26N4O4/c1-15-16(2)28(3)21-10-7-18(13-20(15)21)25(30)29-11-12-32-22(14-29)24-26-23(27-33-24)17-5-8-19(31-4)9-6-17/h5-10,13,22H,11-12,14H2,1-4H3. The average Bonchev–Trinajstić information content (AvgIpc) is 3.44. The van der Waals surface area contributed by atoms with E-state index in [4.69, 9.17) is 14.0 Å². The van der Waals surface area contributed by atoms with Crippen molar-refractivity contribution in [2.75, 3.05) is 26.8 Å². The van der Waals surface area contributed by atoms with Gasteiger partial charge in [0.15, 0.2) is 6.10 Å². The Morgan fingerprint density at radius 2 is 1.94 bits per heavy atom. The minimum atomic E-state index is -0.466. The number of morpholine rings is 1. The number of carbonyl (C=O) groups is 1. The highest BCUT2D eigenvalue weighted by Crippen LogP contribution is 2.28.